The van der Waals surface area contributed by atoms with Crippen LogP contribution in [0.5, 0.6) is 0 Å². The van der Waals surface area contributed by atoms with Crippen molar-refractivity contribution in [2.24, 2.45) is 0 Å². The van der Waals surface area contributed by atoms with Crippen molar-refractivity contribution >= 4 is 42.3 Å². The third-order valence-corrected chi connectivity index (χ3v) is 10.2. The molecule has 0 bridgehead atoms. The lowest BCUT2D eigenvalue weighted by Gasteiger charge is -2.29. The topological polar surface area (TPSA) is 168 Å². The number of amides is 5. The number of fused-ring (bicyclic) bond motifs is 2. The van der Waals surface area contributed by atoms with Crippen LogP contribution in [0, 0.1) is 0 Å². The van der Waals surface area contributed by atoms with Gasteiger partial charge in [-0.05, 0) is 37.7 Å². The molecule has 0 aromatic heterocycles. The van der Waals surface area contributed by atoms with Gasteiger partial charge in [-0.15, -0.1) is 0 Å². The monoisotopic (exact) mass is 603 g/mol. The van der Waals surface area contributed by atoms with Gasteiger partial charge in [-0.1, -0.05) is 50.1 Å². The van der Waals surface area contributed by atoms with Gasteiger partial charge in [0, 0.05) is 32.1 Å². The Kier molecular flexibility index (Phi) is 10.8. The number of unbranched alkanes of at least 4 members (excludes halogenated alkanes) is 1. The molecule has 42 heavy (non-hydrogen) atoms. The van der Waals surface area contributed by atoms with E-state index in [0.717, 1.165) is 12.0 Å². The van der Waals surface area contributed by atoms with E-state index in [0.29, 0.717) is 51.6 Å². The summed E-state index contributed by atoms with van der Waals surface area (Å²) in [4.78, 5) is 91.7. The van der Waals surface area contributed by atoms with Gasteiger partial charge in [0.05, 0.1) is 12.0 Å². The van der Waals surface area contributed by atoms with Crippen molar-refractivity contribution in [1.82, 2.24) is 25.8 Å². The molecule has 3 aliphatic heterocycles. The van der Waals surface area contributed by atoms with Crippen molar-refractivity contribution in [1.29, 1.82) is 0 Å². The number of nitrogens with zero attached hydrogens (tertiary/aromatic N) is 2. The molecule has 0 spiro atoms. The molecule has 4 rings (SSSR count). The number of carbonyl (C=O) groups excluding carboxylic acids is 5. The maximum absolute atomic E-state index is 13.5. The van der Waals surface area contributed by atoms with Crippen LogP contribution in [-0.4, -0.2) is 98.5 Å². The summed E-state index contributed by atoms with van der Waals surface area (Å²) in [7, 11) is -3.96. The Morgan fingerprint density at radius 2 is 1.52 bits per heavy atom. The first-order chi connectivity index (χ1) is 20.1. The number of rotatable bonds is 5. The summed E-state index contributed by atoms with van der Waals surface area (Å²) >= 11 is 0. The third kappa shape index (κ3) is 7.79. The first kappa shape index (κ1) is 31.7. The highest BCUT2D eigenvalue weighted by Crippen LogP contribution is 2.41. The van der Waals surface area contributed by atoms with Crippen LogP contribution in [0.15, 0.2) is 30.3 Å². The van der Waals surface area contributed by atoms with Gasteiger partial charge in [0.15, 0.2) is 0 Å². The fraction of sp³-hybridized carbons (Fsp3) is 0.586. The van der Waals surface area contributed by atoms with Crippen LogP contribution < -0.4 is 16.0 Å². The smallest absolute Gasteiger partial charge is 0.247 e. The average molecular weight is 604 g/mol. The molecule has 1 aromatic rings. The summed E-state index contributed by atoms with van der Waals surface area (Å²) in [6.07, 6.45) is 3.35. The predicted octanol–water partition coefficient (Wildman–Crippen LogP) is 0.484. The Bertz CT molecular complexity index is 1230. The summed E-state index contributed by atoms with van der Waals surface area (Å²) in [6, 6.07) is 6.52. The van der Waals surface area contributed by atoms with Crippen molar-refractivity contribution in [3.63, 3.8) is 0 Å². The van der Waals surface area contributed by atoms with Crippen LogP contribution in [0.2, 0.25) is 0 Å². The van der Waals surface area contributed by atoms with Crippen molar-refractivity contribution in [2.75, 3.05) is 25.8 Å². The molecule has 0 unspecified atom stereocenters. The highest BCUT2D eigenvalue weighted by Gasteiger charge is 2.38. The highest BCUT2D eigenvalue weighted by molar-refractivity contribution is 7.65. The van der Waals surface area contributed by atoms with Gasteiger partial charge in [-0.25, -0.2) is 0 Å². The second-order valence-electron chi connectivity index (χ2n) is 11.2. The molecule has 1 aromatic carbocycles. The van der Waals surface area contributed by atoms with E-state index in [-0.39, 0.29) is 31.0 Å². The third-order valence-electron chi connectivity index (χ3n) is 8.20. The van der Waals surface area contributed by atoms with Gasteiger partial charge >= 0.3 is 0 Å². The van der Waals surface area contributed by atoms with Crippen LogP contribution in [0.3, 0.4) is 0 Å². The molecule has 230 valence electrons. The number of hydrogen-bond acceptors (Lipinski definition) is 7. The van der Waals surface area contributed by atoms with Crippen molar-refractivity contribution in [3.05, 3.63) is 35.9 Å². The lowest BCUT2D eigenvalue weighted by atomic mass is 10.1. The molecule has 0 aliphatic carbocycles. The Balaban J connectivity index is 1.66. The van der Waals surface area contributed by atoms with E-state index in [9.17, 15) is 33.8 Å². The highest BCUT2D eigenvalue weighted by atomic mass is 31.2. The van der Waals surface area contributed by atoms with Gasteiger partial charge in [0.25, 0.3) is 0 Å². The summed E-state index contributed by atoms with van der Waals surface area (Å²) in [5.41, 5.74) is 0.749. The summed E-state index contributed by atoms with van der Waals surface area (Å²) in [5, 5.41) is 8.13. The van der Waals surface area contributed by atoms with E-state index < -0.39 is 55.0 Å². The number of benzene rings is 1. The molecular weight excluding hydrogens is 561 g/mol. The molecule has 2 saturated heterocycles. The fourth-order valence-corrected chi connectivity index (χ4v) is 7.31. The zero-order valence-corrected chi connectivity index (χ0v) is 25.0. The first-order valence-electron chi connectivity index (χ1n) is 14.8. The normalized spacial score (nSPS) is 26.1. The molecule has 0 radical (unpaired) electrons. The minimum Gasteiger partial charge on any atom is -0.352 e. The van der Waals surface area contributed by atoms with Crippen LogP contribution in [0.4, 0.5) is 0 Å². The zero-order valence-electron chi connectivity index (χ0n) is 24.1. The Morgan fingerprint density at radius 1 is 0.881 bits per heavy atom. The van der Waals surface area contributed by atoms with Crippen LogP contribution in [0.1, 0.15) is 63.9 Å². The SMILES string of the molecule is CCCC[C@H]1NC(=O)[C@H]2CCCN2C(=O)CCP(O)(O)=C(Cc2ccccc2)NC(=O)[C@H]2CCCN2C(=O)CNC1=O. The molecule has 5 amide bonds. The van der Waals surface area contributed by atoms with Crippen LogP contribution >= 0.6 is 7.34 Å². The van der Waals surface area contributed by atoms with E-state index >= 15 is 0 Å². The summed E-state index contributed by atoms with van der Waals surface area (Å²) < 4.78 is 0. The van der Waals surface area contributed by atoms with Crippen molar-refractivity contribution < 1.29 is 33.8 Å². The predicted molar refractivity (Wildman–Crippen MR) is 158 cm³/mol. The first-order valence-corrected chi connectivity index (χ1v) is 16.7. The minimum absolute atomic E-state index is 0.00898. The van der Waals surface area contributed by atoms with E-state index in [1.54, 1.807) is 24.3 Å². The maximum atomic E-state index is 13.5. The van der Waals surface area contributed by atoms with Crippen molar-refractivity contribution in [2.45, 2.75) is 82.8 Å². The standard InChI is InChI=1S/C29H42N5O7P/c1-2-3-11-21-27(37)30-19-26(36)34-16-8-13-23(34)29(39)32-24(18-20-9-5-4-6-10-20)42(40,41)17-14-25(35)33-15-7-12-22(33)28(38)31-21/h4-6,9-10,21-23,40-41H,2-3,7-8,11-19H2,1H3,(H,30,37)(H,31,38)(H,32,39)/t21-,22-,23-/m1/s1. The number of hydrogen-bond donors (Lipinski definition) is 5. The molecule has 3 aliphatic rings. The molecule has 13 heteroatoms. The summed E-state index contributed by atoms with van der Waals surface area (Å²) in [5.74, 6) is -2.30. The van der Waals surface area contributed by atoms with Gasteiger partial charge in [0.1, 0.15) is 25.5 Å². The molecule has 5 N–H and O–H groups in total. The second-order valence-corrected chi connectivity index (χ2v) is 13.7. The quantitative estimate of drug-likeness (QED) is 0.305. The lowest BCUT2D eigenvalue weighted by molar-refractivity contribution is -0.140. The second kappa shape index (κ2) is 14.3. The van der Waals surface area contributed by atoms with E-state index in [1.807, 2.05) is 13.0 Å². The van der Waals surface area contributed by atoms with Gasteiger partial charge in [-0.3, -0.25) is 24.0 Å². The molecule has 12 nitrogen and oxygen atoms in total. The lowest BCUT2D eigenvalue weighted by Crippen LogP contribution is -2.55. The van der Waals surface area contributed by atoms with Gasteiger partial charge in [-0.2, -0.15) is 0 Å². The van der Waals surface area contributed by atoms with E-state index in [4.69, 9.17) is 0 Å². The van der Waals surface area contributed by atoms with Gasteiger partial charge in [0.2, 0.25) is 29.5 Å². The largest absolute Gasteiger partial charge is 0.352 e. The number of carbonyl (C=O) groups is 5. The van der Waals surface area contributed by atoms with Crippen LogP contribution in [-0.2, 0) is 30.4 Å². The Morgan fingerprint density at radius 3 is 2.19 bits per heavy atom. The average Bonchev–Trinajstić information content (AvgIpc) is 3.67. The maximum Gasteiger partial charge on any atom is 0.247 e. The minimum atomic E-state index is -3.96. The van der Waals surface area contributed by atoms with E-state index in [2.05, 4.69) is 16.0 Å². The summed E-state index contributed by atoms with van der Waals surface area (Å²) in [6.45, 7) is 2.29. The molecule has 0 saturated carbocycles. The zero-order chi connectivity index (χ0) is 30.3. The van der Waals surface area contributed by atoms with E-state index in [1.165, 1.54) is 9.80 Å². The van der Waals surface area contributed by atoms with Crippen molar-refractivity contribution in [3.8, 4) is 0 Å². The van der Waals surface area contributed by atoms with Gasteiger partial charge < -0.3 is 35.5 Å². The molecule has 3 atom stereocenters. The molecular formula is C29H42N5O7P. The molecule has 3 heterocycles. The molecule has 2 fully saturated rings. The van der Waals surface area contributed by atoms with Crippen LogP contribution in [0.25, 0.3) is 0 Å². The number of nitrogens with one attached hydrogen (secondary N) is 3. The Labute approximate surface area is 246 Å². The Hall–Kier alpha value is -3.21. The fourth-order valence-electron chi connectivity index (χ4n) is 5.81.